The van der Waals surface area contributed by atoms with Crippen molar-refractivity contribution >= 4 is 30.8 Å². The fourth-order valence-electron chi connectivity index (χ4n) is 1.56. The van der Waals surface area contributed by atoms with Crippen LogP contribution in [0.3, 0.4) is 0 Å². The molecule has 86 valence electrons. The van der Waals surface area contributed by atoms with Crippen molar-refractivity contribution < 1.29 is 9.90 Å². The molecule has 0 saturated carbocycles. The summed E-state index contributed by atoms with van der Waals surface area (Å²) in [5.74, 6) is 0.246. The van der Waals surface area contributed by atoms with Gasteiger partial charge in [0.25, 0.3) is 0 Å². The van der Waals surface area contributed by atoms with E-state index >= 15 is 0 Å². The van der Waals surface area contributed by atoms with Crippen molar-refractivity contribution in [2.75, 3.05) is 0 Å². The fourth-order valence-corrected chi connectivity index (χ4v) is 1.56. The lowest BCUT2D eigenvalue weighted by atomic mass is 10.1. The molecule has 1 aromatic rings. The third kappa shape index (κ3) is 2.39. The first kappa shape index (κ1) is 14.2. The molecule has 6 nitrogen and oxygen atoms in total. The Morgan fingerprint density at radius 1 is 1.53 bits per heavy atom. The molecule has 0 saturated heterocycles. The predicted molar refractivity (Wildman–Crippen MR) is 57.2 cm³/mol. The molecule has 0 spiro atoms. The van der Waals surface area contributed by atoms with E-state index in [2.05, 4.69) is 10.2 Å². The van der Waals surface area contributed by atoms with E-state index in [1.54, 1.807) is 4.57 Å². The van der Waals surface area contributed by atoms with Crippen LogP contribution in [0.2, 0.25) is 0 Å². The average Bonchev–Trinajstić information content (AvgIpc) is 2.60. The Hall–Kier alpha value is -0.850. The summed E-state index contributed by atoms with van der Waals surface area (Å²) in [5.41, 5.74) is 5.42. The summed E-state index contributed by atoms with van der Waals surface area (Å²) in [4.78, 5) is 10.7. The second kappa shape index (κ2) is 5.29. The molecule has 1 unspecified atom stereocenters. The quantitative estimate of drug-likeness (QED) is 0.765. The van der Waals surface area contributed by atoms with E-state index < -0.39 is 5.97 Å². The molecule has 0 amide bonds. The topological polar surface area (TPSA) is 94.0 Å². The maximum Gasteiger partial charge on any atom is 0.308 e. The standard InChI is InChI=1S/C7H10N4O2.2ClH/c8-2-6-10-9-5-1-4(7(12)13)3-11(5)6;;/h4H,1-3,8H2,(H,12,13);2*1H. The first-order valence-corrected chi connectivity index (χ1v) is 4.06. The van der Waals surface area contributed by atoms with Crippen LogP contribution in [0.15, 0.2) is 0 Å². The van der Waals surface area contributed by atoms with Gasteiger partial charge in [0, 0.05) is 13.0 Å². The van der Waals surface area contributed by atoms with Crippen molar-refractivity contribution in [2.45, 2.75) is 19.5 Å². The van der Waals surface area contributed by atoms with Crippen LogP contribution < -0.4 is 5.73 Å². The number of hydrogen-bond acceptors (Lipinski definition) is 4. The first-order valence-electron chi connectivity index (χ1n) is 4.06. The van der Waals surface area contributed by atoms with Crippen LogP contribution in [0.5, 0.6) is 0 Å². The van der Waals surface area contributed by atoms with E-state index in [0.29, 0.717) is 25.3 Å². The van der Waals surface area contributed by atoms with Gasteiger partial charge in [-0.15, -0.1) is 35.0 Å². The molecule has 8 heteroatoms. The van der Waals surface area contributed by atoms with Gasteiger partial charge in [-0.1, -0.05) is 0 Å². The maximum atomic E-state index is 10.7. The van der Waals surface area contributed by atoms with Crippen LogP contribution in [0.25, 0.3) is 0 Å². The Kier molecular flexibility index (Phi) is 4.99. The number of nitrogens with two attached hydrogens (primary N) is 1. The van der Waals surface area contributed by atoms with Crippen LogP contribution in [0, 0.1) is 5.92 Å². The largest absolute Gasteiger partial charge is 0.481 e. The minimum Gasteiger partial charge on any atom is -0.481 e. The van der Waals surface area contributed by atoms with Gasteiger partial charge in [-0.25, -0.2) is 0 Å². The molecule has 0 bridgehead atoms. The van der Waals surface area contributed by atoms with E-state index in [9.17, 15) is 4.79 Å². The number of carboxylic acid groups (broad SMARTS) is 1. The SMILES string of the molecule is Cl.Cl.NCc1nnc2n1CC(C(=O)O)C2. The fraction of sp³-hybridized carbons (Fsp3) is 0.571. The summed E-state index contributed by atoms with van der Waals surface area (Å²) in [6.07, 6.45) is 0.461. The maximum absolute atomic E-state index is 10.7. The third-order valence-electron chi connectivity index (χ3n) is 2.27. The van der Waals surface area contributed by atoms with Crippen LogP contribution >= 0.6 is 24.8 Å². The van der Waals surface area contributed by atoms with Gasteiger partial charge in [0.1, 0.15) is 11.6 Å². The predicted octanol–water partition coefficient (Wildman–Crippen LogP) is -0.163. The lowest BCUT2D eigenvalue weighted by molar-refractivity contribution is -0.141. The van der Waals surface area contributed by atoms with Gasteiger partial charge < -0.3 is 15.4 Å². The van der Waals surface area contributed by atoms with Crippen LogP contribution in [0.1, 0.15) is 11.6 Å². The van der Waals surface area contributed by atoms with Crippen molar-refractivity contribution in [3.05, 3.63) is 11.6 Å². The number of aromatic nitrogens is 3. The van der Waals surface area contributed by atoms with E-state index in [4.69, 9.17) is 10.8 Å². The Labute approximate surface area is 98.7 Å². The second-order valence-corrected chi connectivity index (χ2v) is 3.09. The van der Waals surface area contributed by atoms with Crippen molar-refractivity contribution in [3.8, 4) is 0 Å². The number of halogens is 2. The summed E-state index contributed by atoms with van der Waals surface area (Å²) >= 11 is 0. The molecule has 0 aromatic carbocycles. The van der Waals surface area contributed by atoms with Gasteiger partial charge in [-0.3, -0.25) is 4.79 Å². The summed E-state index contributed by atoms with van der Waals surface area (Å²) in [6, 6.07) is 0. The molecule has 1 aliphatic rings. The molecule has 2 heterocycles. The van der Waals surface area contributed by atoms with Crippen molar-refractivity contribution in [1.29, 1.82) is 0 Å². The highest BCUT2D eigenvalue weighted by molar-refractivity contribution is 5.85. The van der Waals surface area contributed by atoms with Gasteiger partial charge in [0.15, 0.2) is 0 Å². The molecule has 2 rings (SSSR count). The van der Waals surface area contributed by atoms with E-state index in [0.717, 1.165) is 5.82 Å². The summed E-state index contributed by atoms with van der Waals surface area (Å²) < 4.78 is 1.79. The Morgan fingerprint density at radius 2 is 2.20 bits per heavy atom. The number of rotatable bonds is 2. The normalized spacial score (nSPS) is 17.5. The van der Waals surface area contributed by atoms with E-state index in [-0.39, 0.29) is 30.7 Å². The molecule has 0 radical (unpaired) electrons. The first-order chi connectivity index (χ1) is 6.22. The molecule has 3 N–H and O–H groups in total. The summed E-state index contributed by atoms with van der Waals surface area (Å²) in [5, 5.41) is 16.5. The number of carbonyl (C=O) groups is 1. The molecular weight excluding hydrogens is 243 g/mol. The average molecular weight is 255 g/mol. The smallest absolute Gasteiger partial charge is 0.308 e. The molecule has 15 heavy (non-hydrogen) atoms. The van der Waals surface area contributed by atoms with Gasteiger partial charge >= 0.3 is 5.97 Å². The van der Waals surface area contributed by atoms with Gasteiger partial charge in [0.2, 0.25) is 0 Å². The number of hydrogen-bond donors (Lipinski definition) is 2. The Balaban J connectivity index is 0.000000980. The lowest BCUT2D eigenvalue weighted by Gasteiger charge is -2.02. The Bertz CT molecular complexity index is 355. The number of nitrogens with zero attached hydrogens (tertiary/aromatic N) is 3. The zero-order valence-electron chi connectivity index (χ0n) is 7.79. The lowest BCUT2D eigenvalue weighted by Crippen LogP contribution is -2.16. The van der Waals surface area contributed by atoms with Gasteiger partial charge in [-0.05, 0) is 0 Å². The van der Waals surface area contributed by atoms with Crippen LogP contribution in [0.4, 0.5) is 0 Å². The molecule has 1 aromatic heterocycles. The molecule has 0 aliphatic carbocycles. The monoisotopic (exact) mass is 254 g/mol. The van der Waals surface area contributed by atoms with Crippen LogP contribution in [-0.2, 0) is 24.3 Å². The zero-order chi connectivity index (χ0) is 9.42. The van der Waals surface area contributed by atoms with E-state index in [1.165, 1.54) is 0 Å². The third-order valence-corrected chi connectivity index (χ3v) is 2.27. The summed E-state index contributed by atoms with van der Waals surface area (Å²) in [7, 11) is 0. The van der Waals surface area contributed by atoms with Gasteiger partial charge in [0.05, 0.1) is 12.5 Å². The van der Waals surface area contributed by atoms with Gasteiger partial charge in [-0.2, -0.15) is 0 Å². The molecule has 0 fully saturated rings. The number of fused-ring (bicyclic) bond motifs is 1. The minimum atomic E-state index is -0.784. The number of carboxylic acids is 1. The highest BCUT2D eigenvalue weighted by atomic mass is 35.5. The zero-order valence-corrected chi connectivity index (χ0v) is 9.42. The van der Waals surface area contributed by atoms with Crippen molar-refractivity contribution in [3.63, 3.8) is 0 Å². The molecule has 1 aliphatic heterocycles. The van der Waals surface area contributed by atoms with Crippen LogP contribution in [-0.4, -0.2) is 25.8 Å². The summed E-state index contributed by atoms with van der Waals surface area (Å²) in [6.45, 7) is 0.754. The highest BCUT2D eigenvalue weighted by Crippen LogP contribution is 2.19. The molecule has 1 atom stereocenters. The second-order valence-electron chi connectivity index (χ2n) is 3.09. The number of aliphatic carboxylic acids is 1. The van der Waals surface area contributed by atoms with Crippen molar-refractivity contribution in [1.82, 2.24) is 14.8 Å². The Morgan fingerprint density at radius 3 is 2.73 bits per heavy atom. The molecular formula is C7H12Cl2N4O2. The van der Waals surface area contributed by atoms with E-state index in [1.807, 2.05) is 0 Å². The highest BCUT2D eigenvalue weighted by Gasteiger charge is 2.30. The van der Waals surface area contributed by atoms with Crippen molar-refractivity contribution in [2.24, 2.45) is 11.7 Å². The minimum absolute atomic E-state index is 0.